The fourth-order valence-corrected chi connectivity index (χ4v) is 2.47. The summed E-state index contributed by atoms with van der Waals surface area (Å²) in [6.45, 7) is 0. The summed E-state index contributed by atoms with van der Waals surface area (Å²) < 4.78 is 2.02. The van der Waals surface area contributed by atoms with Crippen molar-refractivity contribution in [2.75, 3.05) is 11.1 Å². The number of nitrogens with two attached hydrogens (primary N) is 1. The van der Waals surface area contributed by atoms with E-state index in [2.05, 4.69) is 48.8 Å². The maximum absolute atomic E-state index is 11.8. The van der Waals surface area contributed by atoms with E-state index >= 15 is 0 Å². The third-order valence-corrected chi connectivity index (χ3v) is 4.93. The lowest BCUT2D eigenvalue weighted by Crippen LogP contribution is -2.12. The lowest BCUT2D eigenvalue weighted by atomic mass is 10.3. The highest BCUT2D eigenvalue weighted by molar-refractivity contribution is 14.1. The molecule has 0 saturated heterocycles. The molecule has 2 rings (SSSR count). The van der Waals surface area contributed by atoms with Crippen molar-refractivity contribution in [3.63, 3.8) is 0 Å². The molecule has 0 spiro atoms. The molecule has 7 heteroatoms. The number of nitrogen functional groups attached to an aromatic ring is 1. The number of anilines is 2. The summed E-state index contributed by atoms with van der Waals surface area (Å²) >= 11 is 6.83. The Kier molecular flexibility index (Phi) is 4.00. The van der Waals surface area contributed by atoms with Gasteiger partial charge in [-0.05, 0) is 56.7 Å². The third-order valence-electron chi connectivity index (χ3n) is 1.93. The van der Waals surface area contributed by atoms with Crippen molar-refractivity contribution < 1.29 is 4.79 Å². The fourth-order valence-electron chi connectivity index (χ4n) is 1.16. The van der Waals surface area contributed by atoms with Gasteiger partial charge in [0.2, 0.25) is 0 Å². The average molecular weight is 424 g/mol. The predicted octanol–water partition coefficient (Wildman–Crippen LogP) is 3.34. The van der Waals surface area contributed by atoms with E-state index in [1.165, 1.54) is 11.3 Å². The maximum atomic E-state index is 11.8. The first-order valence-electron chi connectivity index (χ1n) is 4.53. The molecule has 0 aliphatic rings. The molecule has 0 fully saturated rings. The van der Waals surface area contributed by atoms with Crippen molar-refractivity contribution in [2.45, 2.75) is 0 Å². The molecule has 0 saturated carbocycles. The van der Waals surface area contributed by atoms with E-state index in [-0.39, 0.29) is 5.91 Å². The average Bonchev–Trinajstić information content (AvgIpc) is 2.70. The maximum Gasteiger partial charge on any atom is 0.275 e. The van der Waals surface area contributed by atoms with Gasteiger partial charge in [0, 0.05) is 19.1 Å². The van der Waals surface area contributed by atoms with E-state index in [4.69, 9.17) is 5.73 Å². The lowest BCUT2D eigenvalue weighted by molar-refractivity contribution is 0.102. The molecule has 1 amide bonds. The zero-order valence-electron chi connectivity index (χ0n) is 8.41. The van der Waals surface area contributed by atoms with E-state index in [9.17, 15) is 4.79 Å². The number of carbonyl (C=O) groups excluding carboxylic acids is 1. The molecule has 4 nitrogen and oxygen atoms in total. The Morgan fingerprint density at radius 1 is 1.53 bits per heavy atom. The number of amides is 1. The molecule has 0 aliphatic heterocycles. The molecule has 3 N–H and O–H groups in total. The summed E-state index contributed by atoms with van der Waals surface area (Å²) in [6, 6.07) is 5.57. The standard InChI is InChI=1S/C10H7BrIN3OS/c11-6-2-1-5(3-7(6)12)14-9(16)8-4-17-10(13)15-8/h1-4H,(H2,13,15)(H,14,16). The Bertz CT molecular complexity index is 572. The zero-order chi connectivity index (χ0) is 12.4. The first kappa shape index (κ1) is 12.8. The second-order valence-electron chi connectivity index (χ2n) is 3.15. The van der Waals surface area contributed by atoms with Crippen LogP contribution in [0.15, 0.2) is 28.1 Å². The number of carbonyl (C=O) groups is 1. The fraction of sp³-hybridized carbons (Fsp3) is 0. The summed E-state index contributed by atoms with van der Waals surface area (Å²) in [5.74, 6) is -0.254. The molecule has 0 aliphatic carbocycles. The Morgan fingerprint density at radius 3 is 2.88 bits per heavy atom. The van der Waals surface area contributed by atoms with Gasteiger partial charge in [-0.3, -0.25) is 4.79 Å². The largest absolute Gasteiger partial charge is 0.375 e. The normalized spacial score (nSPS) is 10.2. The van der Waals surface area contributed by atoms with Gasteiger partial charge in [0.05, 0.1) is 0 Å². The zero-order valence-corrected chi connectivity index (χ0v) is 13.0. The van der Waals surface area contributed by atoms with Crippen LogP contribution in [0.1, 0.15) is 10.5 Å². The van der Waals surface area contributed by atoms with Crippen LogP contribution in [-0.2, 0) is 0 Å². The van der Waals surface area contributed by atoms with Crippen LogP contribution in [0.25, 0.3) is 0 Å². The quantitative estimate of drug-likeness (QED) is 0.728. The van der Waals surface area contributed by atoms with Crippen LogP contribution in [0, 0.1) is 3.57 Å². The summed E-state index contributed by atoms with van der Waals surface area (Å²) in [5.41, 5.74) is 6.54. The molecule has 1 aromatic heterocycles. The first-order chi connectivity index (χ1) is 8.06. The topological polar surface area (TPSA) is 68.0 Å². The molecule has 0 radical (unpaired) electrons. The van der Waals surface area contributed by atoms with Crippen molar-refractivity contribution >= 4 is 66.6 Å². The second-order valence-corrected chi connectivity index (χ2v) is 6.06. The van der Waals surface area contributed by atoms with Gasteiger partial charge in [0.15, 0.2) is 5.13 Å². The van der Waals surface area contributed by atoms with Gasteiger partial charge in [-0.15, -0.1) is 11.3 Å². The Balaban J connectivity index is 2.15. The van der Waals surface area contributed by atoms with Crippen LogP contribution in [0.3, 0.4) is 0 Å². The van der Waals surface area contributed by atoms with Crippen LogP contribution in [0.5, 0.6) is 0 Å². The van der Waals surface area contributed by atoms with Crippen molar-refractivity contribution in [3.05, 3.63) is 37.3 Å². The van der Waals surface area contributed by atoms with E-state index in [0.717, 1.165) is 13.7 Å². The number of benzene rings is 1. The van der Waals surface area contributed by atoms with Crippen LogP contribution in [-0.4, -0.2) is 10.9 Å². The van der Waals surface area contributed by atoms with E-state index in [1.54, 1.807) is 5.38 Å². The molecular formula is C10H7BrIN3OS. The van der Waals surface area contributed by atoms with Crippen molar-refractivity contribution in [1.82, 2.24) is 4.98 Å². The number of nitrogens with zero attached hydrogens (tertiary/aromatic N) is 1. The van der Waals surface area contributed by atoms with Crippen LogP contribution >= 0.6 is 49.9 Å². The van der Waals surface area contributed by atoms with Gasteiger partial charge in [0.1, 0.15) is 5.69 Å². The molecule has 2 aromatic rings. The smallest absolute Gasteiger partial charge is 0.275 e. The Hall–Kier alpha value is -0.670. The van der Waals surface area contributed by atoms with Crippen LogP contribution in [0.4, 0.5) is 10.8 Å². The van der Waals surface area contributed by atoms with Crippen molar-refractivity contribution in [2.24, 2.45) is 0 Å². The van der Waals surface area contributed by atoms with Gasteiger partial charge in [-0.2, -0.15) is 0 Å². The third kappa shape index (κ3) is 3.17. The van der Waals surface area contributed by atoms with E-state index in [0.29, 0.717) is 10.8 Å². The van der Waals surface area contributed by atoms with Gasteiger partial charge in [0.25, 0.3) is 5.91 Å². The number of aromatic nitrogens is 1. The van der Waals surface area contributed by atoms with Gasteiger partial charge in [-0.1, -0.05) is 0 Å². The summed E-state index contributed by atoms with van der Waals surface area (Å²) in [5, 5.41) is 4.79. The van der Waals surface area contributed by atoms with E-state index < -0.39 is 0 Å². The molecule has 17 heavy (non-hydrogen) atoms. The summed E-state index contributed by atoms with van der Waals surface area (Å²) in [4.78, 5) is 15.7. The highest BCUT2D eigenvalue weighted by Crippen LogP contribution is 2.23. The Morgan fingerprint density at radius 2 is 2.29 bits per heavy atom. The number of hydrogen-bond donors (Lipinski definition) is 2. The highest BCUT2D eigenvalue weighted by Gasteiger charge is 2.10. The van der Waals surface area contributed by atoms with Crippen molar-refractivity contribution in [1.29, 1.82) is 0 Å². The molecule has 1 aromatic carbocycles. The number of halogens is 2. The molecule has 0 bridgehead atoms. The van der Waals surface area contributed by atoms with Gasteiger partial charge >= 0.3 is 0 Å². The van der Waals surface area contributed by atoms with Crippen molar-refractivity contribution in [3.8, 4) is 0 Å². The van der Waals surface area contributed by atoms with E-state index in [1.807, 2.05) is 18.2 Å². The number of nitrogens with one attached hydrogen (secondary N) is 1. The van der Waals surface area contributed by atoms with Crippen LogP contribution in [0.2, 0.25) is 0 Å². The van der Waals surface area contributed by atoms with Gasteiger partial charge in [-0.25, -0.2) is 4.98 Å². The SMILES string of the molecule is Nc1nc(C(=O)Nc2ccc(Br)c(I)c2)cs1. The molecule has 88 valence electrons. The summed E-state index contributed by atoms with van der Waals surface area (Å²) in [6.07, 6.45) is 0. The minimum atomic E-state index is -0.254. The van der Waals surface area contributed by atoms with Gasteiger partial charge < -0.3 is 11.1 Å². The monoisotopic (exact) mass is 423 g/mol. The first-order valence-corrected chi connectivity index (χ1v) is 7.29. The molecule has 1 heterocycles. The summed E-state index contributed by atoms with van der Waals surface area (Å²) in [7, 11) is 0. The van der Waals surface area contributed by atoms with Crippen LogP contribution < -0.4 is 11.1 Å². The molecule has 0 unspecified atom stereocenters. The number of thiazole rings is 1. The number of hydrogen-bond acceptors (Lipinski definition) is 4. The molecule has 0 atom stereocenters. The minimum Gasteiger partial charge on any atom is -0.375 e. The highest BCUT2D eigenvalue weighted by atomic mass is 127. The Labute approximate surface area is 124 Å². The molecular weight excluding hydrogens is 417 g/mol. The minimum absolute atomic E-state index is 0.254. The predicted molar refractivity (Wildman–Crippen MR) is 81.3 cm³/mol. The second kappa shape index (κ2) is 5.32. The lowest BCUT2D eigenvalue weighted by Gasteiger charge is -2.04. The number of rotatable bonds is 2.